The van der Waals surface area contributed by atoms with E-state index in [0.29, 0.717) is 10.8 Å². The van der Waals surface area contributed by atoms with Crippen molar-refractivity contribution in [3.8, 4) is 0 Å². The third kappa shape index (κ3) is 3.43. The summed E-state index contributed by atoms with van der Waals surface area (Å²) >= 11 is 2.63. The molecule has 1 aromatic heterocycles. The van der Waals surface area contributed by atoms with E-state index >= 15 is 0 Å². The van der Waals surface area contributed by atoms with E-state index in [4.69, 9.17) is 11.6 Å². The summed E-state index contributed by atoms with van der Waals surface area (Å²) in [5.41, 5.74) is 8.28. The second kappa shape index (κ2) is 6.00. The van der Waals surface area contributed by atoms with Gasteiger partial charge in [0.15, 0.2) is 5.01 Å². The second-order valence-electron chi connectivity index (χ2n) is 3.59. The van der Waals surface area contributed by atoms with Gasteiger partial charge in [-0.1, -0.05) is 0 Å². The Bertz CT molecular complexity index is 602. The zero-order valence-corrected chi connectivity index (χ0v) is 11.4. The van der Waals surface area contributed by atoms with Crippen molar-refractivity contribution < 1.29 is 9.18 Å². The summed E-state index contributed by atoms with van der Waals surface area (Å²) < 4.78 is 13.2. The number of aromatic nitrogens is 1. The van der Waals surface area contributed by atoms with Gasteiger partial charge in [0.05, 0.1) is 11.4 Å². The van der Waals surface area contributed by atoms with Gasteiger partial charge in [0.25, 0.3) is 5.91 Å². The van der Waals surface area contributed by atoms with E-state index in [9.17, 15) is 9.18 Å². The Labute approximate surface area is 117 Å². The zero-order valence-electron chi connectivity index (χ0n) is 9.72. The van der Waals surface area contributed by atoms with E-state index in [-0.39, 0.29) is 5.69 Å². The van der Waals surface area contributed by atoms with Gasteiger partial charge in [0.1, 0.15) is 5.82 Å². The number of hydrogen-bond donors (Lipinski definition) is 3. The summed E-state index contributed by atoms with van der Waals surface area (Å²) in [6.07, 6.45) is 0. The van der Waals surface area contributed by atoms with E-state index in [0.717, 1.165) is 10.6 Å². The van der Waals surface area contributed by atoms with E-state index in [1.807, 2.05) is 5.43 Å². The first-order valence-electron chi connectivity index (χ1n) is 5.23. The molecule has 2 aromatic rings. The molecule has 0 atom stereocenters. The van der Waals surface area contributed by atoms with Crippen LogP contribution in [-0.4, -0.2) is 10.9 Å². The van der Waals surface area contributed by atoms with Crippen LogP contribution in [0.1, 0.15) is 15.5 Å². The van der Waals surface area contributed by atoms with Gasteiger partial charge in [-0.15, -0.1) is 23.1 Å². The van der Waals surface area contributed by atoms with Gasteiger partial charge < -0.3 is 5.73 Å². The summed E-state index contributed by atoms with van der Waals surface area (Å²) in [6.45, 7) is 0. The SMILES string of the molecule is NNC(=O)c1nc(CSc2ccc(N)c(F)c2)cs1. The number of hydrazine groups is 1. The number of nitrogens with zero attached hydrogens (tertiary/aromatic N) is 1. The average molecular weight is 298 g/mol. The standard InChI is InChI=1S/C11H11FN4OS2/c12-8-3-7(1-2-9(8)13)18-4-6-5-19-11(15-6)10(17)16-14/h1-3,5H,4,13-14H2,(H,16,17). The van der Waals surface area contributed by atoms with Crippen LogP contribution in [0.5, 0.6) is 0 Å². The molecular formula is C11H11FN4OS2. The van der Waals surface area contributed by atoms with Crippen LogP contribution >= 0.6 is 23.1 Å². The number of thiazole rings is 1. The van der Waals surface area contributed by atoms with Crippen molar-refractivity contribution in [2.45, 2.75) is 10.6 Å². The van der Waals surface area contributed by atoms with Gasteiger partial charge in [0.2, 0.25) is 0 Å². The minimum atomic E-state index is -0.438. The number of anilines is 1. The Morgan fingerprint density at radius 1 is 1.53 bits per heavy atom. The van der Waals surface area contributed by atoms with E-state index < -0.39 is 11.7 Å². The maximum absolute atomic E-state index is 13.2. The minimum Gasteiger partial charge on any atom is -0.396 e. The van der Waals surface area contributed by atoms with Crippen LogP contribution in [-0.2, 0) is 5.75 Å². The van der Waals surface area contributed by atoms with Crippen LogP contribution in [0.15, 0.2) is 28.5 Å². The zero-order chi connectivity index (χ0) is 13.8. The highest BCUT2D eigenvalue weighted by Gasteiger charge is 2.10. The highest BCUT2D eigenvalue weighted by atomic mass is 32.2. The number of halogens is 1. The molecule has 0 aliphatic carbocycles. The molecule has 1 heterocycles. The fourth-order valence-corrected chi connectivity index (χ4v) is 2.93. The normalized spacial score (nSPS) is 10.4. The monoisotopic (exact) mass is 298 g/mol. The third-order valence-electron chi connectivity index (χ3n) is 2.24. The number of amides is 1. The Hall–Kier alpha value is -1.64. The molecule has 5 nitrogen and oxygen atoms in total. The lowest BCUT2D eigenvalue weighted by Gasteiger charge is -2.01. The molecule has 19 heavy (non-hydrogen) atoms. The van der Waals surface area contributed by atoms with Crippen molar-refractivity contribution in [3.63, 3.8) is 0 Å². The highest BCUT2D eigenvalue weighted by molar-refractivity contribution is 7.98. The maximum Gasteiger partial charge on any atom is 0.294 e. The first-order chi connectivity index (χ1) is 9.10. The molecule has 2 rings (SSSR count). The number of nitrogen functional groups attached to an aromatic ring is 2. The molecule has 0 saturated carbocycles. The molecule has 0 aliphatic rings. The lowest BCUT2D eigenvalue weighted by atomic mass is 10.3. The fourth-order valence-electron chi connectivity index (χ4n) is 1.29. The lowest BCUT2D eigenvalue weighted by molar-refractivity contribution is 0.0953. The van der Waals surface area contributed by atoms with Gasteiger partial charge in [0, 0.05) is 16.0 Å². The Balaban J connectivity index is 2.00. The van der Waals surface area contributed by atoms with Crippen molar-refractivity contribution in [1.29, 1.82) is 0 Å². The summed E-state index contributed by atoms with van der Waals surface area (Å²) in [7, 11) is 0. The molecule has 0 bridgehead atoms. The van der Waals surface area contributed by atoms with Crippen molar-refractivity contribution in [2.24, 2.45) is 5.84 Å². The molecule has 0 radical (unpaired) electrons. The third-order valence-corrected chi connectivity index (χ3v) is 4.15. The van der Waals surface area contributed by atoms with Crippen LogP contribution in [0.4, 0.5) is 10.1 Å². The first-order valence-corrected chi connectivity index (χ1v) is 7.10. The van der Waals surface area contributed by atoms with E-state index in [2.05, 4.69) is 4.98 Å². The molecule has 0 aliphatic heterocycles. The summed E-state index contributed by atoms with van der Waals surface area (Å²) in [5.74, 6) is 4.70. The number of nitrogens with one attached hydrogen (secondary N) is 1. The van der Waals surface area contributed by atoms with Crippen molar-refractivity contribution in [2.75, 3.05) is 5.73 Å². The van der Waals surface area contributed by atoms with E-state index in [1.165, 1.54) is 35.2 Å². The topological polar surface area (TPSA) is 94.0 Å². The van der Waals surface area contributed by atoms with Gasteiger partial charge in [-0.3, -0.25) is 10.2 Å². The Morgan fingerprint density at radius 2 is 2.32 bits per heavy atom. The summed E-state index contributed by atoms with van der Waals surface area (Å²) in [5, 5.41) is 2.08. The smallest absolute Gasteiger partial charge is 0.294 e. The molecule has 8 heteroatoms. The minimum absolute atomic E-state index is 0.125. The van der Waals surface area contributed by atoms with E-state index in [1.54, 1.807) is 11.4 Å². The maximum atomic E-state index is 13.2. The van der Waals surface area contributed by atoms with Gasteiger partial charge in [-0.05, 0) is 18.2 Å². The van der Waals surface area contributed by atoms with Gasteiger partial charge >= 0.3 is 0 Å². The van der Waals surface area contributed by atoms with Crippen LogP contribution in [0.2, 0.25) is 0 Å². The molecule has 5 N–H and O–H groups in total. The number of nitrogens with two attached hydrogens (primary N) is 2. The molecule has 0 saturated heterocycles. The Kier molecular flexibility index (Phi) is 4.35. The van der Waals surface area contributed by atoms with Crippen LogP contribution < -0.4 is 17.0 Å². The Morgan fingerprint density at radius 3 is 3.00 bits per heavy atom. The van der Waals surface area contributed by atoms with Crippen molar-refractivity contribution in [3.05, 3.63) is 40.1 Å². The molecule has 0 fully saturated rings. The number of carbonyl (C=O) groups excluding carboxylic acids is 1. The predicted molar refractivity (Wildman–Crippen MR) is 74.1 cm³/mol. The fraction of sp³-hybridized carbons (Fsp3) is 0.0909. The number of rotatable bonds is 4. The van der Waals surface area contributed by atoms with Crippen molar-refractivity contribution in [1.82, 2.24) is 10.4 Å². The molecular weight excluding hydrogens is 287 g/mol. The number of carbonyl (C=O) groups is 1. The van der Waals surface area contributed by atoms with Crippen LogP contribution in [0.3, 0.4) is 0 Å². The summed E-state index contributed by atoms with van der Waals surface area (Å²) in [4.78, 5) is 16.1. The quantitative estimate of drug-likeness (QED) is 0.263. The second-order valence-corrected chi connectivity index (χ2v) is 5.50. The predicted octanol–water partition coefficient (Wildman–Crippen LogP) is 1.76. The van der Waals surface area contributed by atoms with Gasteiger partial charge in [-0.25, -0.2) is 15.2 Å². The lowest BCUT2D eigenvalue weighted by Crippen LogP contribution is -2.29. The number of benzene rings is 1. The highest BCUT2D eigenvalue weighted by Crippen LogP contribution is 2.25. The van der Waals surface area contributed by atoms with Crippen molar-refractivity contribution >= 4 is 34.7 Å². The molecule has 1 amide bonds. The van der Waals surface area contributed by atoms with Gasteiger partial charge in [-0.2, -0.15) is 0 Å². The van der Waals surface area contributed by atoms with Crippen LogP contribution in [0, 0.1) is 5.82 Å². The average Bonchev–Trinajstić information content (AvgIpc) is 2.88. The van der Waals surface area contributed by atoms with Crippen LogP contribution in [0.25, 0.3) is 0 Å². The molecule has 100 valence electrons. The summed E-state index contributed by atoms with van der Waals surface area (Å²) in [6, 6.07) is 4.63. The molecule has 0 spiro atoms. The number of thioether (sulfide) groups is 1. The largest absolute Gasteiger partial charge is 0.396 e. The first kappa shape index (κ1) is 13.8. The molecule has 1 aromatic carbocycles. The number of hydrogen-bond acceptors (Lipinski definition) is 6. The molecule has 0 unspecified atom stereocenters.